The van der Waals surface area contributed by atoms with Gasteiger partial charge in [0.25, 0.3) is 5.91 Å². The van der Waals surface area contributed by atoms with Gasteiger partial charge in [-0.25, -0.2) is 14.4 Å². The van der Waals surface area contributed by atoms with E-state index >= 15 is 0 Å². The molecule has 154 valence electrons. The van der Waals surface area contributed by atoms with Gasteiger partial charge in [-0.1, -0.05) is 11.6 Å². The molecular formula is C16H15Cl2F4N3O3. The lowest BCUT2D eigenvalue weighted by Crippen LogP contribution is -2.60. The van der Waals surface area contributed by atoms with E-state index in [1.54, 1.807) is 0 Å². The largest absolute Gasteiger partial charge is 0.487 e. The van der Waals surface area contributed by atoms with Crippen LogP contribution in [0.15, 0.2) is 29.3 Å². The molecule has 2 atom stereocenters. The lowest BCUT2D eigenvalue weighted by Gasteiger charge is -2.45. The molecule has 12 heteroatoms. The zero-order valence-corrected chi connectivity index (χ0v) is 16.3. The van der Waals surface area contributed by atoms with Crippen molar-refractivity contribution >= 4 is 34.9 Å². The minimum absolute atomic E-state index is 0.0936. The van der Waals surface area contributed by atoms with E-state index in [9.17, 15) is 27.5 Å². The van der Waals surface area contributed by atoms with Crippen LogP contribution in [0.2, 0.25) is 10.4 Å². The highest BCUT2D eigenvalue weighted by molar-refractivity contribution is 6.32. The molecule has 1 aliphatic heterocycles. The summed E-state index contributed by atoms with van der Waals surface area (Å²) in [6.45, 7) is 3.73. The summed E-state index contributed by atoms with van der Waals surface area (Å²) in [5, 5.41) is 11.5. The summed E-state index contributed by atoms with van der Waals surface area (Å²) in [5.41, 5.74) is -5.54. The van der Waals surface area contributed by atoms with Crippen molar-refractivity contribution in [1.82, 2.24) is 9.97 Å². The number of hydrogen-bond donors (Lipinski definition) is 2. The Morgan fingerprint density at radius 2 is 2.00 bits per heavy atom. The number of amides is 1. The summed E-state index contributed by atoms with van der Waals surface area (Å²) in [6, 6.07) is 0.953. The number of anilines is 1. The van der Waals surface area contributed by atoms with Gasteiger partial charge < -0.3 is 15.2 Å². The second kappa shape index (κ2) is 7.49. The highest BCUT2D eigenvalue weighted by Crippen LogP contribution is 2.47. The maximum absolute atomic E-state index is 13.6. The van der Waals surface area contributed by atoms with Gasteiger partial charge in [-0.2, -0.15) is 13.2 Å². The molecule has 0 aliphatic carbocycles. The van der Waals surface area contributed by atoms with Crippen LogP contribution in [0, 0.1) is 0 Å². The van der Waals surface area contributed by atoms with Crippen molar-refractivity contribution in [2.45, 2.75) is 44.6 Å². The third kappa shape index (κ3) is 4.39. The second-order valence-electron chi connectivity index (χ2n) is 6.37. The van der Waals surface area contributed by atoms with Crippen molar-refractivity contribution in [1.29, 1.82) is 0 Å². The number of hydrogen-bond acceptors (Lipinski definition) is 5. The van der Waals surface area contributed by atoms with Crippen molar-refractivity contribution in [3.05, 3.63) is 39.7 Å². The van der Waals surface area contributed by atoms with E-state index in [1.165, 1.54) is 13.8 Å². The molecule has 2 rings (SSSR count). The summed E-state index contributed by atoms with van der Waals surface area (Å²) in [5.74, 6) is -2.77. The number of aromatic nitrogens is 2. The molecule has 0 spiro atoms. The smallest absolute Gasteiger partial charge is 0.426 e. The number of alkyl halides is 3. The van der Waals surface area contributed by atoms with E-state index in [2.05, 4.69) is 9.97 Å². The Morgan fingerprint density at radius 3 is 2.46 bits per heavy atom. The average molecular weight is 444 g/mol. The summed E-state index contributed by atoms with van der Waals surface area (Å²) >= 11 is 11.2. The highest BCUT2D eigenvalue weighted by atomic mass is 35.5. The first-order valence-electron chi connectivity index (χ1n) is 7.73. The third-order valence-electron chi connectivity index (χ3n) is 4.02. The van der Waals surface area contributed by atoms with Crippen molar-refractivity contribution in [2.24, 2.45) is 0 Å². The molecule has 1 aromatic rings. The Kier molecular flexibility index (Phi) is 5.99. The fourth-order valence-corrected chi connectivity index (χ4v) is 3.24. The van der Waals surface area contributed by atoms with Gasteiger partial charge in [-0.3, -0.25) is 4.79 Å². The summed E-state index contributed by atoms with van der Waals surface area (Å²) in [7, 11) is 0. The molecule has 2 heterocycles. The van der Waals surface area contributed by atoms with E-state index in [1.807, 2.05) is 5.32 Å². The number of carbonyl (C=O) groups excluding carboxylic acids is 1. The number of rotatable bonds is 5. The quantitative estimate of drug-likeness (QED) is 0.401. The summed E-state index contributed by atoms with van der Waals surface area (Å²) < 4.78 is 59.4. The molecular weight excluding hydrogens is 429 g/mol. The lowest BCUT2D eigenvalue weighted by atomic mass is 9.78. The standard InChI is InChI=1S/C16H15Cl2F4N3O3/c1-7(19)4-9-8(2)28-14(9,3)6-15(27,16(20,21)22)12(26)24-11-5-10(17)23-13(18)25-11/h4-5,27H,6H2,1-3H3,(H,23,24,25,26)/b7-4+. The minimum atomic E-state index is -5.38. The fraction of sp³-hybridized carbons (Fsp3) is 0.438. The Balaban J connectivity index is 2.37. The van der Waals surface area contributed by atoms with Crippen LogP contribution >= 0.6 is 23.2 Å². The zero-order chi connectivity index (χ0) is 21.5. The molecule has 0 saturated heterocycles. The molecule has 0 fully saturated rings. The first kappa shape index (κ1) is 22.4. The van der Waals surface area contributed by atoms with E-state index in [4.69, 9.17) is 27.9 Å². The second-order valence-corrected chi connectivity index (χ2v) is 7.09. The van der Waals surface area contributed by atoms with Crippen LogP contribution in [0.5, 0.6) is 0 Å². The van der Waals surface area contributed by atoms with E-state index in [0.717, 1.165) is 19.1 Å². The van der Waals surface area contributed by atoms with Crippen molar-refractivity contribution < 1.29 is 32.2 Å². The number of aliphatic hydroxyl groups is 1. The van der Waals surface area contributed by atoms with E-state index < -0.39 is 46.6 Å². The molecule has 2 unspecified atom stereocenters. The first-order chi connectivity index (χ1) is 12.7. The van der Waals surface area contributed by atoms with Crippen LogP contribution in [-0.2, 0) is 9.53 Å². The van der Waals surface area contributed by atoms with Crippen LogP contribution in [-0.4, -0.2) is 38.4 Å². The van der Waals surface area contributed by atoms with Crippen LogP contribution < -0.4 is 5.32 Å². The predicted octanol–water partition coefficient (Wildman–Crippen LogP) is 4.34. The maximum atomic E-state index is 13.6. The first-order valence-corrected chi connectivity index (χ1v) is 8.48. The topological polar surface area (TPSA) is 84.3 Å². The third-order valence-corrected chi connectivity index (χ3v) is 4.38. The van der Waals surface area contributed by atoms with Crippen molar-refractivity contribution in [3.63, 3.8) is 0 Å². The van der Waals surface area contributed by atoms with Gasteiger partial charge in [0.1, 0.15) is 22.3 Å². The molecule has 0 saturated carbocycles. The predicted molar refractivity (Wildman–Crippen MR) is 93.4 cm³/mol. The summed E-state index contributed by atoms with van der Waals surface area (Å²) in [6.07, 6.45) is -5.62. The van der Waals surface area contributed by atoms with Gasteiger partial charge in [0.2, 0.25) is 10.9 Å². The highest BCUT2D eigenvalue weighted by Gasteiger charge is 2.64. The molecule has 28 heavy (non-hydrogen) atoms. The molecule has 6 nitrogen and oxygen atoms in total. The Labute approximate surface area is 167 Å². The monoisotopic (exact) mass is 443 g/mol. The Morgan fingerprint density at radius 1 is 1.39 bits per heavy atom. The number of ether oxygens (including phenoxy) is 1. The molecule has 0 bridgehead atoms. The van der Waals surface area contributed by atoms with Crippen molar-refractivity contribution in [2.75, 3.05) is 5.32 Å². The zero-order valence-electron chi connectivity index (χ0n) is 14.8. The SMILES string of the molecule is CC1=C(/C=C(\C)F)C(C)(CC(O)(C(=O)Nc2cc(Cl)nc(Cl)n2)C(F)(F)F)O1. The van der Waals surface area contributed by atoms with Gasteiger partial charge in [0.15, 0.2) is 0 Å². The lowest BCUT2D eigenvalue weighted by molar-refractivity contribution is -0.262. The van der Waals surface area contributed by atoms with E-state index in [0.29, 0.717) is 0 Å². The van der Waals surface area contributed by atoms with Gasteiger partial charge in [0, 0.05) is 18.1 Å². The molecule has 2 N–H and O–H groups in total. The van der Waals surface area contributed by atoms with Crippen LogP contribution in [0.25, 0.3) is 0 Å². The average Bonchev–Trinajstić information content (AvgIpc) is 2.50. The number of halogens is 6. The molecule has 0 aromatic carbocycles. The van der Waals surface area contributed by atoms with Crippen LogP contribution in [0.3, 0.4) is 0 Å². The molecule has 1 amide bonds. The minimum Gasteiger partial charge on any atom is -0.487 e. The number of nitrogens with one attached hydrogen (secondary N) is 1. The molecule has 0 radical (unpaired) electrons. The van der Waals surface area contributed by atoms with Gasteiger partial charge >= 0.3 is 6.18 Å². The summed E-state index contributed by atoms with van der Waals surface area (Å²) in [4.78, 5) is 19.4. The van der Waals surface area contributed by atoms with Gasteiger partial charge in [0.05, 0.1) is 5.83 Å². The fourth-order valence-electron chi connectivity index (χ4n) is 2.83. The normalized spacial score (nSPS) is 22.3. The number of carbonyl (C=O) groups is 1. The Bertz CT molecular complexity index is 851. The molecule has 1 aromatic heterocycles. The van der Waals surface area contributed by atoms with Crippen LogP contribution in [0.1, 0.15) is 27.2 Å². The number of allylic oxidation sites excluding steroid dienone is 2. The van der Waals surface area contributed by atoms with Crippen LogP contribution in [0.4, 0.5) is 23.4 Å². The molecule has 1 aliphatic rings. The number of nitrogens with zero attached hydrogens (tertiary/aromatic N) is 2. The van der Waals surface area contributed by atoms with Gasteiger partial charge in [-0.05, 0) is 38.4 Å². The Hall–Kier alpha value is -1.91. The van der Waals surface area contributed by atoms with Crippen molar-refractivity contribution in [3.8, 4) is 0 Å². The van der Waals surface area contributed by atoms with E-state index in [-0.39, 0.29) is 16.5 Å². The van der Waals surface area contributed by atoms with Gasteiger partial charge in [-0.15, -0.1) is 0 Å². The maximum Gasteiger partial charge on any atom is 0.426 e.